The Morgan fingerprint density at radius 2 is 1.80 bits per heavy atom. The average Bonchev–Trinajstić information content (AvgIpc) is 2.63. The van der Waals surface area contributed by atoms with Crippen LogP contribution >= 0.6 is 15.9 Å². The van der Waals surface area contributed by atoms with Gasteiger partial charge in [0.1, 0.15) is 0 Å². The van der Waals surface area contributed by atoms with E-state index in [9.17, 15) is 9.90 Å². The van der Waals surface area contributed by atoms with E-state index in [1.54, 1.807) is 6.07 Å². The van der Waals surface area contributed by atoms with Gasteiger partial charge in [-0.15, -0.1) is 0 Å². The highest BCUT2D eigenvalue weighted by atomic mass is 79.9. The molecule has 1 saturated carbocycles. The largest absolute Gasteiger partial charge is 0.478 e. The number of benzene rings is 1. The number of anilines is 1. The summed E-state index contributed by atoms with van der Waals surface area (Å²) in [5.74, 6) is -0.872. The number of hydrogen-bond donors (Lipinski definition) is 1. The Kier molecular flexibility index (Phi) is 3.76. The van der Waals surface area contributed by atoms with Gasteiger partial charge in [0, 0.05) is 28.7 Å². The Labute approximate surface area is 128 Å². The summed E-state index contributed by atoms with van der Waals surface area (Å²) in [5, 5.41) is 9.19. The monoisotopic (exact) mass is 337 g/mol. The van der Waals surface area contributed by atoms with Gasteiger partial charge in [-0.3, -0.25) is 0 Å². The molecule has 4 heteroatoms. The predicted octanol–water partition coefficient (Wildman–Crippen LogP) is 4.31. The first-order valence-electron chi connectivity index (χ1n) is 7.38. The minimum Gasteiger partial charge on any atom is -0.478 e. The fourth-order valence-electron chi connectivity index (χ4n) is 3.61. The topological polar surface area (TPSA) is 40.5 Å². The molecule has 0 aromatic heterocycles. The van der Waals surface area contributed by atoms with Gasteiger partial charge in [-0.1, -0.05) is 25.7 Å². The molecule has 1 aliphatic heterocycles. The van der Waals surface area contributed by atoms with Gasteiger partial charge in [0.15, 0.2) is 0 Å². The quantitative estimate of drug-likeness (QED) is 0.874. The van der Waals surface area contributed by atoms with E-state index in [-0.39, 0.29) is 0 Å². The second-order valence-corrected chi connectivity index (χ2v) is 7.09. The molecule has 1 spiro atoms. The standard InChI is InChI=1S/C16H20BrNO2/c17-14-6-5-12(9-13(14)15(19)20)18-10-16(11-18)7-3-1-2-4-8-16/h5-6,9H,1-4,7-8,10-11H2,(H,19,20). The molecule has 1 aromatic rings. The lowest BCUT2D eigenvalue weighted by Crippen LogP contribution is -2.56. The summed E-state index contributed by atoms with van der Waals surface area (Å²) in [5.41, 5.74) is 1.90. The highest BCUT2D eigenvalue weighted by Crippen LogP contribution is 2.44. The number of carboxylic acids is 1. The lowest BCUT2D eigenvalue weighted by molar-refractivity contribution is 0.0696. The van der Waals surface area contributed by atoms with Crippen molar-refractivity contribution < 1.29 is 9.90 Å². The van der Waals surface area contributed by atoms with E-state index in [1.807, 2.05) is 12.1 Å². The molecule has 2 aliphatic rings. The molecule has 3 nitrogen and oxygen atoms in total. The van der Waals surface area contributed by atoms with Crippen molar-refractivity contribution in [3.8, 4) is 0 Å². The minimum absolute atomic E-state index is 0.351. The molecule has 20 heavy (non-hydrogen) atoms. The van der Waals surface area contributed by atoms with Crippen LogP contribution in [0.2, 0.25) is 0 Å². The van der Waals surface area contributed by atoms with Gasteiger partial charge in [-0.2, -0.15) is 0 Å². The van der Waals surface area contributed by atoms with Gasteiger partial charge in [0.2, 0.25) is 0 Å². The van der Waals surface area contributed by atoms with Crippen molar-refractivity contribution in [2.24, 2.45) is 5.41 Å². The first-order chi connectivity index (χ1) is 9.60. The maximum absolute atomic E-state index is 11.2. The first-order valence-corrected chi connectivity index (χ1v) is 8.17. The smallest absolute Gasteiger partial charge is 0.336 e. The van der Waals surface area contributed by atoms with Crippen LogP contribution < -0.4 is 4.90 Å². The summed E-state index contributed by atoms with van der Waals surface area (Å²) >= 11 is 3.30. The van der Waals surface area contributed by atoms with Crippen molar-refractivity contribution in [2.75, 3.05) is 18.0 Å². The number of nitrogens with zero attached hydrogens (tertiary/aromatic N) is 1. The Balaban J connectivity index is 1.73. The molecule has 1 aromatic carbocycles. The number of halogens is 1. The van der Waals surface area contributed by atoms with E-state index in [0.29, 0.717) is 15.5 Å². The van der Waals surface area contributed by atoms with E-state index < -0.39 is 5.97 Å². The molecule has 0 unspecified atom stereocenters. The zero-order valence-electron chi connectivity index (χ0n) is 11.6. The van der Waals surface area contributed by atoms with Crippen LogP contribution in [0.4, 0.5) is 5.69 Å². The van der Waals surface area contributed by atoms with Gasteiger partial charge in [-0.05, 0) is 47.0 Å². The van der Waals surface area contributed by atoms with Crippen LogP contribution in [0.3, 0.4) is 0 Å². The fourth-order valence-corrected chi connectivity index (χ4v) is 4.03. The van der Waals surface area contributed by atoms with E-state index in [0.717, 1.165) is 18.8 Å². The van der Waals surface area contributed by atoms with E-state index in [2.05, 4.69) is 20.8 Å². The third-order valence-corrected chi connectivity index (χ3v) is 5.45. The number of carbonyl (C=O) groups is 1. The molecular weight excluding hydrogens is 318 g/mol. The average molecular weight is 338 g/mol. The molecule has 3 rings (SSSR count). The summed E-state index contributed by atoms with van der Waals surface area (Å²) in [6.45, 7) is 2.18. The lowest BCUT2D eigenvalue weighted by atomic mass is 9.73. The molecule has 0 amide bonds. The van der Waals surface area contributed by atoms with Crippen molar-refractivity contribution in [3.05, 3.63) is 28.2 Å². The summed E-state index contributed by atoms with van der Waals surface area (Å²) in [6.07, 6.45) is 8.15. The van der Waals surface area contributed by atoms with Crippen LogP contribution in [0.25, 0.3) is 0 Å². The van der Waals surface area contributed by atoms with Gasteiger partial charge >= 0.3 is 5.97 Å². The van der Waals surface area contributed by atoms with Crippen LogP contribution in [0.1, 0.15) is 48.9 Å². The molecule has 108 valence electrons. The molecular formula is C16H20BrNO2. The zero-order valence-corrected chi connectivity index (χ0v) is 13.2. The second-order valence-electron chi connectivity index (χ2n) is 6.24. The van der Waals surface area contributed by atoms with Crippen molar-refractivity contribution in [1.82, 2.24) is 0 Å². The highest BCUT2D eigenvalue weighted by molar-refractivity contribution is 9.10. The number of carboxylic acid groups (broad SMARTS) is 1. The molecule has 1 N–H and O–H groups in total. The fraction of sp³-hybridized carbons (Fsp3) is 0.562. The Morgan fingerprint density at radius 3 is 2.40 bits per heavy atom. The summed E-state index contributed by atoms with van der Waals surface area (Å²) < 4.78 is 0.651. The van der Waals surface area contributed by atoms with Gasteiger partial charge < -0.3 is 10.0 Å². The van der Waals surface area contributed by atoms with E-state index >= 15 is 0 Å². The molecule has 0 radical (unpaired) electrons. The van der Waals surface area contributed by atoms with Gasteiger partial charge in [-0.25, -0.2) is 4.79 Å². The van der Waals surface area contributed by atoms with Crippen LogP contribution in [0, 0.1) is 5.41 Å². The molecule has 0 atom stereocenters. The molecule has 1 saturated heterocycles. The van der Waals surface area contributed by atoms with Crippen molar-refractivity contribution in [1.29, 1.82) is 0 Å². The minimum atomic E-state index is -0.872. The summed E-state index contributed by atoms with van der Waals surface area (Å²) in [6, 6.07) is 5.65. The number of rotatable bonds is 2. The molecule has 2 fully saturated rings. The van der Waals surface area contributed by atoms with Crippen molar-refractivity contribution >= 4 is 27.6 Å². The Morgan fingerprint density at radius 1 is 1.15 bits per heavy atom. The van der Waals surface area contributed by atoms with Crippen molar-refractivity contribution in [3.63, 3.8) is 0 Å². The molecule has 1 aliphatic carbocycles. The lowest BCUT2D eigenvalue weighted by Gasteiger charge is -2.51. The predicted molar refractivity (Wildman–Crippen MR) is 83.4 cm³/mol. The normalized spacial score (nSPS) is 21.4. The zero-order chi connectivity index (χ0) is 14.2. The summed E-state index contributed by atoms with van der Waals surface area (Å²) in [7, 11) is 0. The van der Waals surface area contributed by atoms with Crippen LogP contribution in [0.5, 0.6) is 0 Å². The maximum Gasteiger partial charge on any atom is 0.336 e. The second kappa shape index (κ2) is 5.40. The van der Waals surface area contributed by atoms with Crippen molar-refractivity contribution in [2.45, 2.75) is 38.5 Å². The third-order valence-electron chi connectivity index (χ3n) is 4.76. The van der Waals surface area contributed by atoms with E-state index in [4.69, 9.17) is 0 Å². The SMILES string of the molecule is O=C(O)c1cc(N2CC3(CCCCCC3)C2)ccc1Br. The van der Waals surface area contributed by atoms with Crippen LogP contribution in [0.15, 0.2) is 22.7 Å². The Bertz CT molecular complexity index is 513. The maximum atomic E-state index is 11.2. The molecule has 0 bridgehead atoms. The number of aromatic carboxylic acids is 1. The first kappa shape index (κ1) is 13.9. The van der Waals surface area contributed by atoms with Crippen LogP contribution in [-0.2, 0) is 0 Å². The third kappa shape index (κ3) is 2.58. The molecule has 1 heterocycles. The van der Waals surface area contributed by atoms with Crippen LogP contribution in [-0.4, -0.2) is 24.2 Å². The highest BCUT2D eigenvalue weighted by Gasteiger charge is 2.42. The van der Waals surface area contributed by atoms with E-state index in [1.165, 1.54) is 38.5 Å². The number of hydrogen-bond acceptors (Lipinski definition) is 2. The van der Waals surface area contributed by atoms with Gasteiger partial charge in [0.25, 0.3) is 0 Å². The Hall–Kier alpha value is -1.03. The summed E-state index contributed by atoms with van der Waals surface area (Å²) in [4.78, 5) is 13.5. The van der Waals surface area contributed by atoms with Gasteiger partial charge in [0.05, 0.1) is 5.56 Å².